The molecule has 0 saturated heterocycles. The molecule has 14 heavy (non-hydrogen) atoms. The van der Waals surface area contributed by atoms with Gasteiger partial charge in [0.1, 0.15) is 5.01 Å². The fraction of sp³-hybridized carbons (Fsp3) is 0.600. The lowest BCUT2D eigenvalue weighted by atomic mass is 10.2. The van der Waals surface area contributed by atoms with Crippen LogP contribution in [-0.4, -0.2) is 11.5 Å². The van der Waals surface area contributed by atoms with Crippen molar-refractivity contribution in [3.8, 4) is 6.07 Å². The maximum Gasteiger partial charge on any atom is 0.107 e. The van der Waals surface area contributed by atoms with Gasteiger partial charge in [0, 0.05) is 11.4 Å². The average molecular weight is 209 g/mol. The van der Waals surface area contributed by atoms with Crippen LogP contribution in [-0.2, 0) is 6.42 Å². The number of nitriles is 1. The molecular weight excluding hydrogens is 194 g/mol. The first kappa shape index (κ1) is 11.2. The number of aromatic nitrogens is 1. The molecule has 76 valence electrons. The van der Waals surface area contributed by atoms with Gasteiger partial charge in [-0.1, -0.05) is 6.92 Å². The molecule has 1 heterocycles. The Labute approximate surface area is 88.8 Å². The molecular formula is C10H15N3S. The topological polar surface area (TPSA) is 48.7 Å². The molecule has 0 aromatic carbocycles. The van der Waals surface area contributed by atoms with Crippen LogP contribution in [0.25, 0.3) is 0 Å². The van der Waals surface area contributed by atoms with E-state index >= 15 is 0 Å². The molecule has 3 nitrogen and oxygen atoms in total. The molecule has 0 saturated carbocycles. The molecule has 1 N–H and O–H groups in total. The van der Waals surface area contributed by atoms with Crippen molar-refractivity contribution in [2.45, 2.75) is 32.7 Å². The van der Waals surface area contributed by atoms with E-state index < -0.39 is 0 Å². The molecule has 0 bridgehead atoms. The third kappa shape index (κ3) is 3.09. The second-order valence-electron chi connectivity index (χ2n) is 3.18. The van der Waals surface area contributed by atoms with E-state index in [0.29, 0.717) is 12.5 Å². The number of nitrogens with zero attached hydrogens (tertiary/aromatic N) is 2. The van der Waals surface area contributed by atoms with Gasteiger partial charge < -0.3 is 5.32 Å². The minimum atomic E-state index is 0.290. The lowest BCUT2D eigenvalue weighted by Gasteiger charge is -2.09. The Kier molecular flexibility index (Phi) is 4.57. The van der Waals surface area contributed by atoms with Crippen molar-refractivity contribution in [2.24, 2.45) is 0 Å². The first-order valence-corrected chi connectivity index (χ1v) is 5.70. The van der Waals surface area contributed by atoms with Gasteiger partial charge in [-0.25, -0.2) is 4.98 Å². The summed E-state index contributed by atoms with van der Waals surface area (Å²) in [6, 6.07) is 2.40. The average Bonchev–Trinajstić information content (AvgIpc) is 2.63. The van der Waals surface area contributed by atoms with E-state index in [0.717, 1.165) is 23.7 Å². The fourth-order valence-corrected chi connectivity index (χ4v) is 1.96. The summed E-state index contributed by atoms with van der Waals surface area (Å²) < 4.78 is 0. The summed E-state index contributed by atoms with van der Waals surface area (Å²) in [5.74, 6) is 0. The van der Waals surface area contributed by atoms with Gasteiger partial charge in [0.05, 0.1) is 18.2 Å². The van der Waals surface area contributed by atoms with Crippen LogP contribution in [0, 0.1) is 11.3 Å². The molecule has 0 amide bonds. The Morgan fingerprint density at radius 1 is 1.71 bits per heavy atom. The highest BCUT2D eigenvalue weighted by atomic mass is 32.1. The summed E-state index contributed by atoms with van der Waals surface area (Å²) in [6.07, 6.45) is 1.55. The zero-order valence-electron chi connectivity index (χ0n) is 8.58. The highest BCUT2D eigenvalue weighted by Gasteiger charge is 2.08. The van der Waals surface area contributed by atoms with Gasteiger partial charge in [-0.15, -0.1) is 11.3 Å². The van der Waals surface area contributed by atoms with Crippen LogP contribution in [0.1, 0.15) is 37.0 Å². The molecule has 0 spiro atoms. The van der Waals surface area contributed by atoms with Crippen LogP contribution >= 0.6 is 11.3 Å². The predicted molar refractivity (Wildman–Crippen MR) is 58.1 cm³/mol. The van der Waals surface area contributed by atoms with Crippen molar-refractivity contribution >= 4 is 11.3 Å². The number of thiazole rings is 1. The van der Waals surface area contributed by atoms with Crippen molar-refractivity contribution in [3.63, 3.8) is 0 Å². The Bertz CT molecular complexity index is 313. The molecule has 0 aliphatic heterocycles. The standard InChI is InChI=1S/C10H15N3S/c1-3-6-12-8(2)9-7-14-10(13-9)4-5-11/h7-8,12H,3-4,6H2,1-2H3. The van der Waals surface area contributed by atoms with Gasteiger partial charge in [0.25, 0.3) is 0 Å². The fourth-order valence-electron chi connectivity index (χ4n) is 1.14. The minimum Gasteiger partial charge on any atom is -0.309 e. The number of hydrogen-bond acceptors (Lipinski definition) is 4. The SMILES string of the molecule is CCCNC(C)c1csc(CC#N)n1. The normalized spacial score (nSPS) is 12.4. The molecule has 1 unspecified atom stereocenters. The van der Waals surface area contributed by atoms with Crippen LogP contribution in [0.2, 0.25) is 0 Å². The van der Waals surface area contributed by atoms with Crippen molar-refractivity contribution < 1.29 is 0 Å². The molecule has 0 radical (unpaired) electrons. The number of rotatable bonds is 5. The van der Waals surface area contributed by atoms with Gasteiger partial charge >= 0.3 is 0 Å². The van der Waals surface area contributed by atoms with E-state index in [1.54, 1.807) is 11.3 Å². The molecule has 1 aromatic rings. The van der Waals surface area contributed by atoms with E-state index in [9.17, 15) is 0 Å². The zero-order valence-corrected chi connectivity index (χ0v) is 9.40. The summed E-state index contributed by atoms with van der Waals surface area (Å²) in [4.78, 5) is 4.39. The van der Waals surface area contributed by atoms with Crippen molar-refractivity contribution in [2.75, 3.05) is 6.54 Å². The van der Waals surface area contributed by atoms with Crippen LogP contribution in [0.4, 0.5) is 0 Å². The highest BCUT2D eigenvalue weighted by Crippen LogP contribution is 2.16. The van der Waals surface area contributed by atoms with Gasteiger partial charge in [-0.2, -0.15) is 5.26 Å². The van der Waals surface area contributed by atoms with Crippen LogP contribution in [0.15, 0.2) is 5.38 Å². The maximum absolute atomic E-state index is 8.51. The van der Waals surface area contributed by atoms with Gasteiger partial charge in [-0.05, 0) is 19.9 Å². The monoisotopic (exact) mass is 209 g/mol. The first-order chi connectivity index (χ1) is 6.77. The lowest BCUT2D eigenvalue weighted by Crippen LogP contribution is -2.19. The number of nitrogens with one attached hydrogen (secondary N) is 1. The second-order valence-corrected chi connectivity index (χ2v) is 4.12. The largest absolute Gasteiger partial charge is 0.309 e. The third-order valence-corrected chi connectivity index (χ3v) is 2.81. The molecule has 1 rings (SSSR count). The summed E-state index contributed by atoms with van der Waals surface area (Å²) in [7, 11) is 0. The summed E-state index contributed by atoms with van der Waals surface area (Å²) in [5.41, 5.74) is 1.05. The molecule has 4 heteroatoms. The van der Waals surface area contributed by atoms with Crippen LogP contribution < -0.4 is 5.32 Å². The Balaban J connectivity index is 2.53. The molecule has 0 aliphatic rings. The second kappa shape index (κ2) is 5.74. The van der Waals surface area contributed by atoms with Crippen molar-refractivity contribution in [1.29, 1.82) is 5.26 Å². The van der Waals surface area contributed by atoms with Crippen LogP contribution in [0.5, 0.6) is 0 Å². The quantitative estimate of drug-likeness (QED) is 0.809. The first-order valence-electron chi connectivity index (χ1n) is 4.82. The van der Waals surface area contributed by atoms with E-state index in [2.05, 4.69) is 30.2 Å². The van der Waals surface area contributed by atoms with Gasteiger partial charge in [-0.3, -0.25) is 0 Å². The summed E-state index contributed by atoms with van der Waals surface area (Å²) in [5, 5.41) is 14.8. The lowest BCUT2D eigenvalue weighted by molar-refractivity contribution is 0.560. The van der Waals surface area contributed by atoms with E-state index in [1.807, 2.05) is 5.38 Å². The Morgan fingerprint density at radius 2 is 2.50 bits per heavy atom. The van der Waals surface area contributed by atoms with Gasteiger partial charge in [0.2, 0.25) is 0 Å². The summed E-state index contributed by atoms with van der Waals surface area (Å²) in [6.45, 7) is 5.25. The Hall–Kier alpha value is -0.920. The zero-order chi connectivity index (χ0) is 10.4. The third-order valence-electron chi connectivity index (χ3n) is 1.94. The van der Waals surface area contributed by atoms with E-state index in [1.165, 1.54) is 0 Å². The van der Waals surface area contributed by atoms with Crippen molar-refractivity contribution in [3.05, 3.63) is 16.1 Å². The number of hydrogen-bond donors (Lipinski definition) is 1. The molecule has 0 aliphatic carbocycles. The van der Waals surface area contributed by atoms with E-state index in [4.69, 9.17) is 5.26 Å². The minimum absolute atomic E-state index is 0.290. The highest BCUT2D eigenvalue weighted by molar-refractivity contribution is 7.09. The predicted octanol–water partition coefficient (Wildman–Crippen LogP) is 2.27. The maximum atomic E-state index is 8.51. The molecule has 1 aromatic heterocycles. The summed E-state index contributed by atoms with van der Waals surface area (Å²) >= 11 is 1.56. The van der Waals surface area contributed by atoms with Crippen molar-refractivity contribution in [1.82, 2.24) is 10.3 Å². The van der Waals surface area contributed by atoms with E-state index in [-0.39, 0.29) is 0 Å². The van der Waals surface area contributed by atoms with Crippen LogP contribution in [0.3, 0.4) is 0 Å². The van der Waals surface area contributed by atoms with Gasteiger partial charge in [0.15, 0.2) is 0 Å². The molecule has 0 fully saturated rings. The Morgan fingerprint density at radius 3 is 3.14 bits per heavy atom. The smallest absolute Gasteiger partial charge is 0.107 e. The molecule has 1 atom stereocenters.